The van der Waals surface area contributed by atoms with Gasteiger partial charge >= 0.3 is 0 Å². The summed E-state index contributed by atoms with van der Waals surface area (Å²) in [6.45, 7) is 1.86. The van der Waals surface area contributed by atoms with E-state index < -0.39 is 6.04 Å². The van der Waals surface area contributed by atoms with E-state index in [0.29, 0.717) is 22.4 Å². The second-order valence-electron chi connectivity index (χ2n) is 6.05. The fraction of sp³-hybridized carbons (Fsp3) is 0.150. The van der Waals surface area contributed by atoms with Gasteiger partial charge in [-0.3, -0.25) is 9.59 Å². The number of hydrogen-bond donors (Lipinski definition) is 0. The molecular weight excluding hydrogens is 316 g/mol. The number of aromatic nitrogens is 2. The van der Waals surface area contributed by atoms with Gasteiger partial charge in [-0.25, -0.2) is 4.98 Å². The predicted molar refractivity (Wildman–Crippen MR) is 92.0 cm³/mol. The van der Waals surface area contributed by atoms with Crippen LogP contribution in [0, 0.1) is 0 Å². The average molecular weight is 332 g/mol. The second-order valence-corrected chi connectivity index (χ2v) is 6.05. The third-order valence-electron chi connectivity index (χ3n) is 4.42. The van der Waals surface area contributed by atoms with Gasteiger partial charge in [0.1, 0.15) is 17.9 Å². The van der Waals surface area contributed by atoms with Crippen molar-refractivity contribution in [1.29, 1.82) is 0 Å². The lowest BCUT2D eigenvalue weighted by atomic mass is 9.93. The minimum absolute atomic E-state index is 0.0746. The van der Waals surface area contributed by atoms with Crippen molar-refractivity contribution in [2.24, 2.45) is 0 Å². The molecule has 124 valence electrons. The van der Waals surface area contributed by atoms with Crippen LogP contribution >= 0.6 is 0 Å². The molecule has 0 fully saturated rings. The molecule has 2 aromatic carbocycles. The average Bonchev–Trinajstić information content (AvgIpc) is 3.16. The van der Waals surface area contributed by atoms with Gasteiger partial charge in [0.2, 0.25) is 0 Å². The van der Waals surface area contributed by atoms with Crippen molar-refractivity contribution in [3.05, 3.63) is 83.9 Å². The lowest BCUT2D eigenvalue weighted by molar-refractivity contribution is 0.0718. The van der Waals surface area contributed by atoms with Crippen LogP contribution in [-0.4, -0.2) is 27.2 Å². The van der Waals surface area contributed by atoms with Crippen molar-refractivity contribution in [3.8, 4) is 5.75 Å². The van der Waals surface area contributed by atoms with Crippen molar-refractivity contribution in [1.82, 2.24) is 9.55 Å². The zero-order chi connectivity index (χ0) is 17.4. The number of carbonyl (C=O) groups excluding carboxylic acids is 2. The van der Waals surface area contributed by atoms with E-state index in [4.69, 9.17) is 4.74 Å². The van der Waals surface area contributed by atoms with Gasteiger partial charge in [-0.05, 0) is 25.1 Å². The van der Waals surface area contributed by atoms with E-state index in [1.54, 1.807) is 53.6 Å². The highest BCUT2D eigenvalue weighted by molar-refractivity contribution is 6.11. The van der Waals surface area contributed by atoms with E-state index in [1.807, 2.05) is 25.1 Å². The van der Waals surface area contributed by atoms with E-state index in [0.717, 1.165) is 0 Å². The lowest BCUT2D eigenvalue weighted by Crippen LogP contribution is -2.37. The number of hydrogen-bond acceptors (Lipinski definition) is 4. The van der Waals surface area contributed by atoms with Crippen molar-refractivity contribution in [2.45, 2.75) is 19.1 Å². The van der Waals surface area contributed by atoms with Crippen LogP contribution in [0.5, 0.6) is 5.75 Å². The molecule has 25 heavy (non-hydrogen) atoms. The Hall–Kier alpha value is -3.21. The summed E-state index contributed by atoms with van der Waals surface area (Å²) in [6, 6.07) is 13.5. The third kappa shape index (κ3) is 2.63. The van der Waals surface area contributed by atoms with Gasteiger partial charge in [0.05, 0.1) is 11.9 Å². The van der Waals surface area contributed by atoms with Gasteiger partial charge < -0.3 is 9.30 Å². The first-order chi connectivity index (χ1) is 12.1. The quantitative estimate of drug-likeness (QED) is 0.690. The normalized spacial score (nSPS) is 19.2. The van der Waals surface area contributed by atoms with Crippen molar-refractivity contribution >= 4 is 11.6 Å². The highest BCUT2D eigenvalue weighted by Crippen LogP contribution is 2.34. The highest BCUT2D eigenvalue weighted by Gasteiger charge is 2.36. The number of nitrogens with zero attached hydrogens (tertiary/aromatic N) is 2. The number of rotatable bonds is 3. The second kappa shape index (κ2) is 6.02. The molecule has 5 nitrogen and oxygen atoms in total. The smallest absolute Gasteiger partial charge is 0.193 e. The lowest BCUT2D eigenvalue weighted by Gasteiger charge is -2.31. The van der Waals surface area contributed by atoms with Gasteiger partial charge in [0, 0.05) is 23.5 Å². The molecule has 0 radical (unpaired) electrons. The molecule has 4 rings (SSSR count). The first-order valence-corrected chi connectivity index (χ1v) is 8.07. The summed E-state index contributed by atoms with van der Waals surface area (Å²) in [6.07, 6.45) is 4.66. The molecule has 2 atom stereocenters. The van der Waals surface area contributed by atoms with Gasteiger partial charge in [0.15, 0.2) is 11.6 Å². The van der Waals surface area contributed by atoms with Crippen LogP contribution in [0.4, 0.5) is 0 Å². The third-order valence-corrected chi connectivity index (χ3v) is 4.42. The summed E-state index contributed by atoms with van der Waals surface area (Å²) < 4.78 is 7.64. The van der Waals surface area contributed by atoms with Gasteiger partial charge in [-0.15, -0.1) is 0 Å². The monoisotopic (exact) mass is 332 g/mol. The Morgan fingerprint density at radius 2 is 1.92 bits per heavy atom. The molecule has 2 heterocycles. The molecule has 0 amide bonds. The number of imidazole rings is 1. The van der Waals surface area contributed by atoms with Crippen LogP contribution in [0.25, 0.3) is 0 Å². The first-order valence-electron chi connectivity index (χ1n) is 8.07. The molecule has 2 unspecified atom stereocenters. The van der Waals surface area contributed by atoms with Crippen LogP contribution < -0.4 is 4.74 Å². The maximum atomic E-state index is 13.0. The Kier molecular flexibility index (Phi) is 3.69. The Bertz CT molecular complexity index is 933. The van der Waals surface area contributed by atoms with Crippen molar-refractivity contribution in [3.63, 3.8) is 0 Å². The summed E-state index contributed by atoms with van der Waals surface area (Å²) in [5.41, 5.74) is 1.49. The molecule has 3 aromatic rings. The molecule has 5 heteroatoms. The molecule has 0 aliphatic carbocycles. The fourth-order valence-electron chi connectivity index (χ4n) is 3.17. The molecule has 0 spiro atoms. The maximum Gasteiger partial charge on any atom is 0.193 e. The van der Waals surface area contributed by atoms with E-state index >= 15 is 0 Å². The molecule has 1 aliphatic rings. The number of ether oxygens (including phenoxy) is 1. The minimum atomic E-state index is -0.489. The number of carbonyl (C=O) groups is 2. The zero-order valence-electron chi connectivity index (χ0n) is 13.6. The van der Waals surface area contributed by atoms with Crippen LogP contribution in [-0.2, 0) is 0 Å². The van der Waals surface area contributed by atoms with E-state index in [1.165, 1.54) is 0 Å². The Labute approximate surface area is 144 Å². The van der Waals surface area contributed by atoms with Crippen molar-refractivity contribution < 1.29 is 14.3 Å². The van der Waals surface area contributed by atoms with Gasteiger partial charge in [0.25, 0.3) is 0 Å². The molecule has 0 saturated heterocycles. The predicted octanol–water partition coefficient (Wildman–Crippen LogP) is 3.32. The van der Waals surface area contributed by atoms with Gasteiger partial charge in [-0.2, -0.15) is 0 Å². The number of ketones is 2. The van der Waals surface area contributed by atoms with E-state index in [9.17, 15) is 9.59 Å². The molecule has 1 aliphatic heterocycles. The summed E-state index contributed by atoms with van der Waals surface area (Å²) in [7, 11) is 0. The largest absolute Gasteiger partial charge is 0.487 e. The summed E-state index contributed by atoms with van der Waals surface area (Å²) in [5.74, 6) is 0.321. The van der Waals surface area contributed by atoms with E-state index in [2.05, 4.69) is 4.98 Å². The molecule has 0 bridgehead atoms. The van der Waals surface area contributed by atoms with Crippen LogP contribution in [0.15, 0.2) is 67.3 Å². The van der Waals surface area contributed by atoms with Crippen molar-refractivity contribution in [2.75, 3.05) is 0 Å². The minimum Gasteiger partial charge on any atom is -0.487 e. The first kappa shape index (κ1) is 15.3. The molecule has 1 aromatic heterocycles. The topological polar surface area (TPSA) is 61.2 Å². The zero-order valence-corrected chi connectivity index (χ0v) is 13.6. The fourth-order valence-corrected chi connectivity index (χ4v) is 3.17. The number of fused-ring (bicyclic) bond motifs is 1. The Balaban J connectivity index is 1.73. The Morgan fingerprint density at radius 3 is 2.64 bits per heavy atom. The summed E-state index contributed by atoms with van der Waals surface area (Å²) in [4.78, 5) is 29.7. The van der Waals surface area contributed by atoms with Crippen LogP contribution in [0.3, 0.4) is 0 Å². The summed E-state index contributed by atoms with van der Waals surface area (Å²) >= 11 is 0. The number of benzene rings is 2. The Morgan fingerprint density at radius 1 is 1.12 bits per heavy atom. The highest BCUT2D eigenvalue weighted by atomic mass is 16.5. The standard InChI is InChI=1S/C20H16N2O3/c1-13-18(22-10-9-21-12-22)20(24)16-11-15(7-8-17(16)25-13)19(23)14-5-3-2-4-6-14/h2-13,18H,1H3. The summed E-state index contributed by atoms with van der Waals surface area (Å²) in [5, 5.41) is 0. The maximum absolute atomic E-state index is 13.0. The molecule has 0 saturated carbocycles. The van der Waals surface area contributed by atoms with Crippen LogP contribution in [0.1, 0.15) is 39.2 Å². The van der Waals surface area contributed by atoms with Gasteiger partial charge in [-0.1, -0.05) is 30.3 Å². The molecular formula is C20H16N2O3. The molecule has 0 N–H and O–H groups in total. The SMILES string of the molecule is CC1Oc2ccc(C(=O)c3ccccc3)cc2C(=O)C1n1ccnc1. The van der Waals surface area contributed by atoms with E-state index in [-0.39, 0.29) is 17.7 Å². The van der Waals surface area contributed by atoms with Crippen LogP contribution in [0.2, 0.25) is 0 Å². The number of Topliss-reactive ketones (excluding diaryl/α,β-unsaturated/α-hetero) is 1.